The molecule has 1 fully saturated rings. The Hall–Kier alpha value is -2.44. The van der Waals surface area contributed by atoms with Gasteiger partial charge in [0.1, 0.15) is 5.75 Å². The third kappa shape index (κ3) is 4.35. The van der Waals surface area contributed by atoms with E-state index >= 15 is 0 Å². The van der Waals surface area contributed by atoms with Crippen molar-refractivity contribution >= 4 is 5.91 Å². The molecule has 3 rings (SSSR count). The molecule has 25 heavy (non-hydrogen) atoms. The van der Waals surface area contributed by atoms with Gasteiger partial charge in [-0.05, 0) is 38.0 Å². The SMILES string of the molecule is Cc1ccc(OC[C@@H]2CCCN(C(=O)c3ccn(C(F)F)n3)C2)cc1. The van der Waals surface area contributed by atoms with Crippen molar-refractivity contribution in [1.29, 1.82) is 0 Å². The Labute approximate surface area is 145 Å². The first kappa shape index (κ1) is 17.4. The van der Waals surface area contributed by atoms with Crippen LogP contribution in [0.15, 0.2) is 36.5 Å². The predicted molar refractivity (Wildman–Crippen MR) is 88.8 cm³/mol. The number of hydrogen-bond donors (Lipinski definition) is 0. The number of piperidine rings is 1. The summed E-state index contributed by atoms with van der Waals surface area (Å²) in [6.45, 7) is 0.967. The van der Waals surface area contributed by atoms with Crippen LogP contribution in [-0.2, 0) is 0 Å². The van der Waals surface area contributed by atoms with E-state index in [9.17, 15) is 13.6 Å². The standard InChI is InChI=1S/C18H21F2N3O2/c1-13-4-6-15(7-5-13)25-12-14-3-2-9-22(11-14)17(24)16-8-10-23(21-16)18(19)20/h4-8,10,14,18H,2-3,9,11-12H2,1H3/t14-/m1/s1. The molecule has 0 saturated carbocycles. The van der Waals surface area contributed by atoms with Gasteiger partial charge in [-0.2, -0.15) is 13.9 Å². The maximum atomic E-state index is 12.6. The van der Waals surface area contributed by atoms with Gasteiger partial charge in [0.15, 0.2) is 5.69 Å². The van der Waals surface area contributed by atoms with E-state index in [1.54, 1.807) is 4.90 Å². The Morgan fingerprint density at radius 2 is 2.08 bits per heavy atom. The lowest BCUT2D eigenvalue weighted by Crippen LogP contribution is -2.41. The zero-order valence-corrected chi connectivity index (χ0v) is 14.1. The molecule has 1 amide bonds. The summed E-state index contributed by atoms with van der Waals surface area (Å²) < 4.78 is 31.5. The Balaban J connectivity index is 1.56. The first-order valence-corrected chi connectivity index (χ1v) is 8.35. The molecule has 1 aliphatic heterocycles. The van der Waals surface area contributed by atoms with Crippen molar-refractivity contribution < 1.29 is 18.3 Å². The summed E-state index contributed by atoms with van der Waals surface area (Å²) >= 11 is 0. The molecule has 134 valence electrons. The molecule has 5 nitrogen and oxygen atoms in total. The minimum absolute atomic E-state index is 0.0559. The Kier molecular flexibility index (Phi) is 5.31. The van der Waals surface area contributed by atoms with Crippen LogP contribution in [0.5, 0.6) is 5.75 Å². The van der Waals surface area contributed by atoms with Crippen LogP contribution in [0.3, 0.4) is 0 Å². The maximum Gasteiger partial charge on any atom is 0.333 e. The fourth-order valence-electron chi connectivity index (χ4n) is 2.96. The first-order chi connectivity index (χ1) is 12.0. The maximum absolute atomic E-state index is 12.6. The van der Waals surface area contributed by atoms with E-state index in [1.807, 2.05) is 31.2 Å². The highest BCUT2D eigenvalue weighted by Gasteiger charge is 2.26. The largest absolute Gasteiger partial charge is 0.493 e. The van der Waals surface area contributed by atoms with E-state index < -0.39 is 6.55 Å². The zero-order chi connectivity index (χ0) is 17.8. The number of carbonyl (C=O) groups is 1. The van der Waals surface area contributed by atoms with Crippen molar-refractivity contribution in [2.75, 3.05) is 19.7 Å². The van der Waals surface area contributed by atoms with Crippen molar-refractivity contribution in [3.63, 3.8) is 0 Å². The highest BCUT2D eigenvalue weighted by atomic mass is 19.3. The normalized spacial score (nSPS) is 17.8. The second kappa shape index (κ2) is 7.63. The quantitative estimate of drug-likeness (QED) is 0.830. The molecular weight excluding hydrogens is 328 g/mol. The third-order valence-corrected chi connectivity index (χ3v) is 4.34. The molecule has 1 saturated heterocycles. The Morgan fingerprint density at radius 3 is 2.76 bits per heavy atom. The molecule has 2 aromatic rings. The highest BCUT2D eigenvalue weighted by Crippen LogP contribution is 2.21. The molecule has 1 aromatic carbocycles. The summed E-state index contributed by atoms with van der Waals surface area (Å²) in [7, 11) is 0. The number of hydrogen-bond acceptors (Lipinski definition) is 3. The van der Waals surface area contributed by atoms with Gasteiger partial charge >= 0.3 is 6.55 Å². The molecule has 0 spiro atoms. The molecule has 0 N–H and O–H groups in total. The van der Waals surface area contributed by atoms with Crippen LogP contribution >= 0.6 is 0 Å². The summed E-state index contributed by atoms with van der Waals surface area (Å²) in [5.74, 6) is 0.723. The van der Waals surface area contributed by atoms with Crippen molar-refractivity contribution in [3.8, 4) is 5.75 Å². The van der Waals surface area contributed by atoms with Crippen LogP contribution in [0, 0.1) is 12.8 Å². The fraction of sp³-hybridized carbons (Fsp3) is 0.444. The lowest BCUT2D eigenvalue weighted by molar-refractivity contribution is 0.0535. The molecule has 0 aliphatic carbocycles. The molecule has 0 bridgehead atoms. The van der Waals surface area contributed by atoms with E-state index in [2.05, 4.69) is 5.10 Å². The molecule has 0 radical (unpaired) electrons. The molecule has 7 heteroatoms. The van der Waals surface area contributed by atoms with Gasteiger partial charge in [-0.3, -0.25) is 4.79 Å². The number of carbonyl (C=O) groups excluding carboxylic acids is 1. The number of aromatic nitrogens is 2. The van der Waals surface area contributed by atoms with Crippen LogP contribution < -0.4 is 4.74 Å². The summed E-state index contributed by atoms with van der Waals surface area (Å²) in [6.07, 6.45) is 2.96. The van der Waals surface area contributed by atoms with Crippen LogP contribution in [-0.4, -0.2) is 40.3 Å². The highest BCUT2D eigenvalue weighted by molar-refractivity contribution is 5.92. The van der Waals surface area contributed by atoms with E-state index in [0.717, 1.165) is 24.8 Å². The predicted octanol–water partition coefficient (Wildman–Crippen LogP) is 3.52. The number of nitrogens with zero attached hydrogens (tertiary/aromatic N) is 3. The molecule has 0 unspecified atom stereocenters. The summed E-state index contributed by atoms with van der Waals surface area (Å²) in [5.41, 5.74) is 1.23. The number of benzene rings is 1. The Morgan fingerprint density at radius 1 is 1.32 bits per heavy atom. The number of amides is 1. The number of ether oxygens (including phenoxy) is 1. The van der Waals surface area contributed by atoms with Crippen LogP contribution in [0.25, 0.3) is 0 Å². The number of alkyl halides is 2. The molecule has 2 heterocycles. The van der Waals surface area contributed by atoms with Crippen LogP contribution in [0.2, 0.25) is 0 Å². The fourth-order valence-corrected chi connectivity index (χ4v) is 2.96. The third-order valence-electron chi connectivity index (χ3n) is 4.34. The average Bonchev–Trinajstić information content (AvgIpc) is 3.11. The van der Waals surface area contributed by atoms with Gasteiger partial charge in [0.2, 0.25) is 0 Å². The molecular formula is C18H21F2N3O2. The molecule has 1 aliphatic rings. The number of aryl methyl sites for hydroxylation is 1. The molecule has 1 atom stereocenters. The van der Waals surface area contributed by atoms with E-state index in [-0.39, 0.29) is 17.5 Å². The second-order valence-electron chi connectivity index (χ2n) is 6.34. The Bertz CT molecular complexity index is 715. The minimum Gasteiger partial charge on any atom is -0.493 e. The minimum atomic E-state index is -2.74. The van der Waals surface area contributed by atoms with Gasteiger partial charge in [-0.15, -0.1) is 0 Å². The van der Waals surface area contributed by atoms with Crippen molar-refractivity contribution in [2.24, 2.45) is 5.92 Å². The van der Waals surface area contributed by atoms with Gasteiger partial charge in [0.25, 0.3) is 5.91 Å². The van der Waals surface area contributed by atoms with Crippen LogP contribution in [0.1, 0.15) is 35.4 Å². The number of likely N-dealkylation sites (tertiary alicyclic amines) is 1. The van der Waals surface area contributed by atoms with Crippen LogP contribution in [0.4, 0.5) is 8.78 Å². The second-order valence-corrected chi connectivity index (χ2v) is 6.34. The molecule has 1 aromatic heterocycles. The van der Waals surface area contributed by atoms with Crippen molar-refractivity contribution in [3.05, 3.63) is 47.8 Å². The smallest absolute Gasteiger partial charge is 0.333 e. The first-order valence-electron chi connectivity index (χ1n) is 8.35. The van der Waals surface area contributed by atoms with Gasteiger partial charge in [-0.1, -0.05) is 17.7 Å². The van der Waals surface area contributed by atoms with E-state index in [0.29, 0.717) is 24.4 Å². The lowest BCUT2D eigenvalue weighted by atomic mass is 9.98. The monoisotopic (exact) mass is 349 g/mol. The summed E-state index contributed by atoms with van der Waals surface area (Å²) in [4.78, 5) is 14.1. The summed E-state index contributed by atoms with van der Waals surface area (Å²) in [5, 5.41) is 3.66. The average molecular weight is 349 g/mol. The topological polar surface area (TPSA) is 47.4 Å². The van der Waals surface area contributed by atoms with Gasteiger partial charge < -0.3 is 9.64 Å². The van der Waals surface area contributed by atoms with Gasteiger partial charge in [0.05, 0.1) is 6.61 Å². The number of rotatable bonds is 5. The van der Waals surface area contributed by atoms with Crippen molar-refractivity contribution in [1.82, 2.24) is 14.7 Å². The zero-order valence-electron chi connectivity index (χ0n) is 14.1. The van der Waals surface area contributed by atoms with Gasteiger partial charge in [-0.25, -0.2) is 4.68 Å². The van der Waals surface area contributed by atoms with E-state index in [4.69, 9.17) is 4.74 Å². The van der Waals surface area contributed by atoms with Crippen molar-refractivity contribution in [2.45, 2.75) is 26.3 Å². The van der Waals surface area contributed by atoms with Gasteiger partial charge in [0, 0.05) is 25.2 Å². The lowest BCUT2D eigenvalue weighted by Gasteiger charge is -2.32. The van der Waals surface area contributed by atoms with E-state index in [1.165, 1.54) is 11.6 Å². The summed E-state index contributed by atoms with van der Waals surface area (Å²) in [6, 6.07) is 9.17. The number of halogens is 2.